The van der Waals surface area contributed by atoms with Gasteiger partial charge in [0, 0.05) is 16.3 Å². The number of halogens is 2. The molecule has 8 heteroatoms. The molecule has 0 spiro atoms. The average Bonchev–Trinajstić information content (AvgIpc) is 3.05. The second-order valence-electron chi connectivity index (χ2n) is 7.43. The van der Waals surface area contributed by atoms with Gasteiger partial charge in [-0.25, -0.2) is 4.68 Å². The van der Waals surface area contributed by atoms with Crippen LogP contribution in [0, 0.1) is 18.6 Å². The molecule has 1 amide bonds. The van der Waals surface area contributed by atoms with Gasteiger partial charge in [-0.3, -0.25) is 9.36 Å². The van der Waals surface area contributed by atoms with Crippen LogP contribution in [-0.2, 0) is 11.3 Å². The summed E-state index contributed by atoms with van der Waals surface area (Å²) in [4.78, 5) is 12.8. The average molecular weight is 483 g/mol. The zero-order valence-electron chi connectivity index (χ0n) is 17.5. The quantitative estimate of drug-likeness (QED) is 0.324. The minimum Gasteiger partial charge on any atom is -0.324 e. The lowest BCUT2D eigenvalue weighted by atomic mass is 10.2. The highest BCUT2D eigenvalue weighted by atomic mass is 35.5. The summed E-state index contributed by atoms with van der Waals surface area (Å²) in [6, 6.07) is 20.7. The van der Waals surface area contributed by atoms with E-state index in [-0.39, 0.29) is 12.5 Å². The molecule has 0 unspecified atom stereocenters. The van der Waals surface area contributed by atoms with E-state index in [4.69, 9.17) is 35.4 Å². The molecule has 1 aromatic heterocycles. The van der Waals surface area contributed by atoms with Crippen molar-refractivity contribution < 1.29 is 4.79 Å². The third-order valence-electron chi connectivity index (χ3n) is 4.98. The smallest absolute Gasteiger partial charge is 0.246 e. The Morgan fingerprint density at radius 1 is 1.03 bits per heavy atom. The van der Waals surface area contributed by atoms with Crippen molar-refractivity contribution in [2.75, 3.05) is 5.32 Å². The van der Waals surface area contributed by atoms with E-state index in [9.17, 15) is 4.79 Å². The number of nitrogens with zero attached hydrogens (tertiary/aromatic N) is 3. The Morgan fingerprint density at radius 3 is 2.53 bits per heavy atom. The highest BCUT2D eigenvalue weighted by Crippen LogP contribution is 2.31. The predicted molar refractivity (Wildman–Crippen MR) is 132 cm³/mol. The first kappa shape index (κ1) is 22.3. The standard InChI is InChI=1S/C24H20Cl2N4OS/c1-15-6-5-8-18(12-15)30-23(19-11-10-17(25)13-20(19)26)28-29(24(30)32)14-22(31)27-21-9-4-3-7-16(21)2/h3-13H,14H2,1-2H3,(H,27,31). The lowest BCUT2D eigenvalue weighted by Crippen LogP contribution is -2.20. The lowest BCUT2D eigenvalue weighted by Gasteiger charge is -2.09. The van der Waals surface area contributed by atoms with Crippen molar-refractivity contribution in [3.63, 3.8) is 0 Å². The maximum Gasteiger partial charge on any atom is 0.246 e. The molecule has 0 atom stereocenters. The zero-order chi connectivity index (χ0) is 22.8. The van der Waals surface area contributed by atoms with Gasteiger partial charge in [0.25, 0.3) is 0 Å². The summed E-state index contributed by atoms with van der Waals surface area (Å²) in [7, 11) is 0. The molecule has 4 aromatic rings. The second kappa shape index (κ2) is 9.28. The predicted octanol–water partition coefficient (Wildman–Crippen LogP) is 6.63. The molecule has 0 radical (unpaired) electrons. The number of amides is 1. The maximum absolute atomic E-state index is 12.8. The van der Waals surface area contributed by atoms with Crippen molar-refractivity contribution in [3.8, 4) is 17.1 Å². The molecule has 162 valence electrons. The van der Waals surface area contributed by atoms with Crippen LogP contribution in [0.5, 0.6) is 0 Å². The van der Waals surface area contributed by atoms with Gasteiger partial charge in [0.15, 0.2) is 5.82 Å². The van der Waals surface area contributed by atoms with Crippen molar-refractivity contribution in [2.24, 2.45) is 0 Å². The van der Waals surface area contributed by atoms with E-state index in [1.165, 1.54) is 4.68 Å². The number of carbonyl (C=O) groups excluding carboxylic acids is 1. The number of aryl methyl sites for hydroxylation is 2. The number of rotatable bonds is 5. The molecule has 0 aliphatic rings. The van der Waals surface area contributed by atoms with E-state index in [0.717, 1.165) is 22.5 Å². The van der Waals surface area contributed by atoms with Crippen molar-refractivity contribution in [1.29, 1.82) is 0 Å². The van der Waals surface area contributed by atoms with Gasteiger partial charge in [-0.2, -0.15) is 5.10 Å². The molecule has 0 aliphatic carbocycles. The Morgan fingerprint density at radius 2 is 1.81 bits per heavy atom. The largest absolute Gasteiger partial charge is 0.324 e. The molecule has 0 saturated carbocycles. The van der Waals surface area contributed by atoms with E-state index in [1.54, 1.807) is 18.2 Å². The van der Waals surface area contributed by atoms with E-state index in [1.807, 2.05) is 66.9 Å². The summed E-state index contributed by atoms with van der Waals surface area (Å²) in [5, 5.41) is 8.56. The summed E-state index contributed by atoms with van der Waals surface area (Å²) in [6.45, 7) is 3.90. The summed E-state index contributed by atoms with van der Waals surface area (Å²) in [6.07, 6.45) is 0. The van der Waals surface area contributed by atoms with Crippen LogP contribution in [0.25, 0.3) is 17.1 Å². The zero-order valence-corrected chi connectivity index (χ0v) is 19.8. The number of para-hydroxylation sites is 1. The van der Waals surface area contributed by atoms with Gasteiger partial charge in [-0.1, -0.05) is 53.5 Å². The molecule has 0 bridgehead atoms. The minimum absolute atomic E-state index is 0.0375. The molecule has 1 heterocycles. The number of hydrogen-bond acceptors (Lipinski definition) is 3. The van der Waals surface area contributed by atoms with Gasteiger partial charge in [0.1, 0.15) is 6.54 Å². The molecule has 1 N–H and O–H groups in total. The van der Waals surface area contributed by atoms with Crippen LogP contribution in [0.4, 0.5) is 5.69 Å². The Labute approximate surface area is 201 Å². The van der Waals surface area contributed by atoms with E-state index < -0.39 is 0 Å². The number of hydrogen-bond donors (Lipinski definition) is 1. The van der Waals surface area contributed by atoms with E-state index >= 15 is 0 Å². The van der Waals surface area contributed by atoms with E-state index in [0.29, 0.717) is 26.2 Å². The topological polar surface area (TPSA) is 51.9 Å². The molecular weight excluding hydrogens is 463 g/mol. The Bertz CT molecular complexity index is 1380. The Balaban J connectivity index is 1.78. The van der Waals surface area contributed by atoms with Crippen LogP contribution in [0.2, 0.25) is 10.0 Å². The highest BCUT2D eigenvalue weighted by Gasteiger charge is 2.19. The fraction of sp³-hybridized carbons (Fsp3) is 0.125. The number of anilines is 1. The van der Waals surface area contributed by atoms with Gasteiger partial charge in [0.2, 0.25) is 10.7 Å². The maximum atomic E-state index is 12.8. The SMILES string of the molecule is Cc1cccc(-n2c(-c3ccc(Cl)cc3Cl)nn(CC(=O)Nc3ccccc3C)c2=S)c1. The van der Waals surface area contributed by atoms with Crippen molar-refractivity contribution in [1.82, 2.24) is 14.3 Å². The lowest BCUT2D eigenvalue weighted by molar-refractivity contribution is -0.116. The van der Waals surface area contributed by atoms with Gasteiger partial charge in [-0.15, -0.1) is 0 Å². The van der Waals surface area contributed by atoms with Crippen LogP contribution < -0.4 is 5.32 Å². The molecule has 0 fully saturated rings. The molecule has 3 aromatic carbocycles. The third-order valence-corrected chi connectivity index (χ3v) is 5.92. The van der Waals surface area contributed by atoms with Crippen molar-refractivity contribution in [2.45, 2.75) is 20.4 Å². The van der Waals surface area contributed by atoms with Gasteiger partial charge < -0.3 is 5.32 Å². The van der Waals surface area contributed by atoms with Gasteiger partial charge in [0.05, 0.1) is 10.7 Å². The Hall–Kier alpha value is -2.93. The van der Waals surface area contributed by atoms with Crippen molar-refractivity contribution >= 4 is 47.0 Å². The van der Waals surface area contributed by atoms with Crippen LogP contribution in [0.3, 0.4) is 0 Å². The summed E-state index contributed by atoms with van der Waals surface area (Å²) in [5.41, 5.74) is 4.30. The summed E-state index contributed by atoms with van der Waals surface area (Å²) < 4.78 is 3.71. The number of carbonyl (C=O) groups is 1. The third kappa shape index (κ3) is 4.63. The minimum atomic E-state index is -0.224. The van der Waals surface area contributed by atoms with Crippen LogP contribution in [0.15, 0.2) is 66.7 Å². The molecule has 0 aliphatic heterocycles. The number of nitrogens with one attached hydrogen (secondary N) is 1. The monoisotopic (exact) mass is 482 g/mol. The summed E-state index contributed by atoms with van der Waals surface area (Å²) >= 11 is 18.3. The Kier molecular flexibility index (Phi) is 6.46. The van der Waals surface area contributed by atoms with Gasteiger partial charge in [-0.05, 0) is 73.6 Å². The normalized spacial score (nSPS) is 10.9. The summed E-state index contributed by atoms with van der Waals surface area (Å²) in [5.74, 6) is 0.309. The first-order valence-electron chi connectivity index (χ1n) is 9.91. The molecule has 5 nitrogen and oxygen atoms in total. The molecule has 0 saturated heterocycles. The molecular formula is C24H20Cl2N4OS. The van der Waals surface area contributed by atoms with Crippen molar-refractivity contribution in [3.05, 3.63) is 92.7 Å². The second-order valence-corrected chi connectivity index (χ2v) is 8.63. The first-order valence-corrected chi connectivity index (χ1v) is 11.1. The highest BCUT2D eigenvalue weighted by molar-refractivity contribution is 7.71. The fourth-order valence-electron chi connectivity index (χ4n) is 3.39. The van der Waals surface area contributed by atoms with Gasteiger partial charge >= 0.3 is 0 Å². The molecule has 4 rings (SSSR count). The number of benzene rings is 3. The van der Waals surface area contributed by atoms with Crippen LogP contribution in [-0.4, -0.2) is 20.3 Å². The fourth-order valence-corrected chi connectivity index (χ4v) is 4.18. The molecule has 32 heavy (non-hydrogen) atoms. The van der Waals surface area contributed by atoms with E-state index in [2.05, 4.69) is 10.4 Å². The van der Waals surface area contributed by atoms with Crippen LogP contribution in [0.1, 0.15) is 11.1 Å². The number of aromatic nitrogens is 3. The van der Waals surface area contributed by atoms with Crippen LogP contribution >= 0.6 is 35.4 Å². The first-order chi connectivity index (χ1) is 15.3.